The molecule has 3 aliphatic heterocycles. The van der Waals surface area contributed by atoms with Gasteiger partial charge in [-0.2, -0.15) is 0 Å². The van der Waals surface area contributed by atoms with Gasteiger partial charge >= 0.3 is 5.97 Å². The van der Waals surface area contributed by atoms with E-state index in [0.29, 0.717) is 5.69 Å². The summed E-state index contributed by atoms with van der Waals surface area (Å²) < 4.78 is 5.74. The smallest absolute Gasteiger partial charge is 0.335 e. The van der Waals surface area contributed by atoms with Gasteiger partial charge in [0.2, 0.25) is 11.8 Å². The summed E-state index contributed by atoms with van der Waals surface area (Å²) in [5, 5.41) is 9.06. The van der Waals surface area contributed by atoms with E-state index in [1.807, 2.05) is 12.2 Å². The SMILES string of the molecule is CC12C=CC(O1)C1C(=O)N(c3cccc(C(=O)O)c3)C(=O)C12. The Labute approximate surface area is 126 Å². The lowest BCUT2D eigenvalue weighted by molar-refractivity contribution is -0.126. The van der Waals surface area contributed by atoms with Crippen molar-refractivity contribution in [2.75, 3.05) is 4.90 Å². The van der Waals surface area contributed by atoms with E-state index < -0.39 is 23.4 Å². The quantitative estimate of drug-likeness (QED) is 0.655. The minimum absolute atomic E-state index is 0.0405. The molecule has 0 spiro atoms. The predicted octanol–water partition coefficient (Wildman–Crippen LogP) is 1.22. The van der Waals surface area contributed by atoms with Gasteiger partial charge < -0.3 is 9.84 Å². The fourth-order valence-electron chi connectivity index (χ4n) is 3.69. The summed E-state index contributed by atoms with van der Waals surface area (Å²) in [6.07, 6.45) is 3.28. The number of hydrogen-bond donors (Lipinski definition) is 1. The molecular formula is C16H13NO5. The molecular weight excluding hydrogens is 286 g/mol. The summed E-state index contributed by atoms with van der Waals surface area (Å²) >= 11 is 0. The van der Waals surface area contributed by atoms with Gasteiger partial charge in [-0.25, -0.2) is 9.69 Å². The van der Waals surface area contributed by atoms with E-state index in [1.165, 1.54) is 18.2 Å². The van der Waals surface area contributed by atoms with Crippen molar-refractivity contribution in [3.8, 4) is 0 Å². The molecule has 6 heteroatoms. The fourth-order valence-corrected chi connectivity index (χ4v) is 3.69. The lowest BCUT2D eigenvalue weighted by Gasteiger charge is -2.24. The molecule has 2 bridgehead atoms. The Morgan fingerprint density at radius 1 is 1.32 bits per heavy atom. The summed E-state index contributed by atoms with van der Waals surface area (Å²) in [6.45, 7) is 1.80. The Bertz CT molecular complexity index is 755. The maximum Gasteiger partial charge on any atom is 0.335 e. The number of hydrogen-bond acceptors (Lipinski definition) is 4. The molecule has 3 heterocycles. The Morgan fingerprint density at radius 2 is 2.09 bits per heavy atom. The van der Waals surface area contributed by atoms with Crippen LogP contribution < -0.4 is 4.90 Å². The van der Waals surface area contributed by atoms with Gasteiger partial charge in [-0.15, -0.1) is 0 Å². The molecule has 3 aliphatic rings. The zero-order valence-electron chi connectivity index (χ0n) is 11.7. The number of carboxylic acid groups (broad SMARTS) is 1. The zero-order valence-corrected chi connectivity index (χ0v) is 11.7. The van der Waals surface area contributed by atoms with Crippen LogP contribution in [0.4, 0.5) is 5.69 Å². The molecule has 0 aliphatic carbocycles. The first-order valence-corrected chi connectivity index (χ1v) is 7.01. The van der Waals surface area contributed by atoms with Gasteiger partial charge in [-0.1, -0.05) is 18.2 Å². The zero-order chi connectivity index (χ0) is 15.6. The summed E-state index contributed by atoms with van der Waals surface area (Å²) in [5.74, 6) is -2.81. The van der Waals surface area contributed by atoms with Crippen LogP contribution in [0.5, 0.6) is 0 Å². The highest BCUT2D eigenvalue weighted by molar-refractivity contribution is 6.23. The Morgan fingerprint density at radius 3 is 2.77 bits per heavy atom. The number of ether oxygens (including phenoxy) is 1. The molecule has 6 nitrogen and oxygen atoms in total. The lowest BCUT2D eigenvalue weighted by Crippen LogP contribution is -2.38. The van der Waals surface area contributed by atoms with Gasteiger partial charge in [0.05, 0.1) is 34.8 Å². The number of carboxylic acids is 1. The van der Waals surface area contributed by atoms with Crippen LogP contribution in [0.15, 0.2) is 36.4 Å². The van der Waals surface area contributed by atoms with Crippen LogP contribution in [0.25, 0.3) is 0 Å². The van der Waals surface area contributed by atoms with Crippen molar-refractivity contribution in [2.24, 2.45) is 11.8 Å². The predicted molar refractivity (Wildman–Crippen MR) is 75.3 cm³/mol. The van der Waals surface area contributed by atoms with E-state index in [-0.39, 0.29) is 23.5 Å². The molecule has 4 unspecified atom stereocenters. The van der Waals surface area contributed by atoms with Crippen molar-refractivity contribution >= 4 is 23.5 Å². The minimum atomic E-state index is -1.10. The highest BCUT2D eigenvalue weighted by Crippen LogP contribution is 2.52. The number of nitrogens with zero attached hydrogens (tertiary/aromatic N) is 1. The second-order valence-electron chi connectivity index (χ2n) is 6.00. The van der Waals surface area contributed by atoms with E-state index in [9.17, 15) is 14.4 Å². The molecule has 22 heavy (non-hydrogen) atoms. The van der Waals surface area contributed by atoms with Crippen LogP contribution in [0.1, 0.15) is 17.3 Å². The number of imide groups is 1. The van der Waals surface area contributed by atoms with Gasteiger partial charge in [0.15, 0.2) is 0 Å². The maximum absolute atomic E-state index is 12.7. The minimum Gasteiger partial charge on any atom is -0.478 e. The number of aromatic carboxylic acids is 1. The Hall–Kier alpha value is -2.47. The largest absolute Gasteiger partial charge is 0.478 e. The van der Waals surface area contributed by atoms with Crippen LogP contribution in [0.2, 0.25) is 0 Å². The van der Waals surface area contributed by atoms with Crippen molar-refractivity contribution in [3.63, 3.8) is 0 Å². The molecule has 4 atom stereocenters. The molecule has 4 rings (SSSR count). The van der Waals surface area contributed by atoms with Gasteiger partial charge in [0.25, 0.3) is 0 Å². The highest BCUT2D eigenvalue weighted by Gasteiger charge is 2.66. The summed E-state index contributed by atoms with van der Waals surface area (Å²) in [6, 6.07) is 5.87. The van der Waals surface area contributed by atoms with Gasteiger partial charge in [-0.05, 0) is 25.1 Å². The number of amides is 2. The van der Waals surface area contributed by atoms with Crippen molar-refractivity contribution in [2.45, 2.75) is 18.6 Å². The van der Waals surface area contributed by atoms with Gasteiger partial charge in [0, 0.05) is 0 Å². The molecule has 1 aromatic rings. The second kappa shape index (κ2) is 4.04. The molecule has 0 aromatic heterocycles. The Kier molecular flexibility index (Phi) is 2.43. The number of rotatable bonds is 2. The first-order valence-electron chi connectivity index (χ1n) is 7.01. The number of carbonyl (C=O) groups is 3. The molecule has 0 saturated carbocycles. The van der Waals surface area contributed by atoms with E-state index in [1.54, 1.807) is 13.0 Å². The third-order valence-corrected chi connectivity index (χ3v) is 4.68. The molecule has 0 radical (unpaired) electrons. The number of benzene rings is 1. The molecule has 112 valence electrons. The summed E-state index contributed by atoms with van der Waals surface area (Å²) in [4.78, 5) is 37.5. The van der Waals surface area contributed by atoms with Gasteiger partial charge in [-0.3, -0.25) is 9.59 Å². The van der Waals surface area contributed by atoms with E-state index in [0.717, 1.165) is 4.90 Å². The van der Waals surface area contributed by atoms with Crippen molar-refractivity contribution in [1.29, 1.82) is 0 Å². The number of fused-ring (bicyclic) bond motifs is 5. The average molecular weight is 299 g/mol. The number of carbonyl (C=O) groups excluding carboxylic acids is 2. The Balaban J connectivity index is 1.77. The van der Waals surface area contributed by atoms with Gasteiger partial charge in [0.1, 0.15) is 0 Å². The van der Waals surface area contributed by atoms with E-state index >= 15 is 0 Å². The van der Waals surface area contributed by atoms with Crippen LogP contribution in [-0.4, -0.2) is 34.6 Å². The van der Waals surface area contributed by atoms with E-state index in [4.69, 9.17) is 9.84 Å². The molecule has 1 aromatic carbocycles. The molecule has 1 N–H and O–H groups in total. The first kappa shape index (κ1) is 13.2. The lowest BCUT2D eigenvalue weighted by atomic mass is 9.78. The van der Waals surface area contributed by atoms with Crippen LogP contribution in [0, 0.1) is 11.8 Å². The third kappa shape index (κ3) is 1.50. The van der Waals surface area contributed by atoms with Crippen molar-refractivity contribution in [1.82, 2.24) is 0 Å². The molecule has 2 amide bonds. The first-order chi connectivity index (χ1) is 10.4. The van der Waals surface area contributed by atoms with Crippen molar-refractivity contribution < 1.29 is 24.2 Å². The molecule has 2 saturated heterocycles. The number of anilines is 1. The summed E-state index contributed by atoms with van der Waals surface area (Å²) in [7, 11) is 0. The van der Waals surface area contributed by atoms with Crippen molar-refractivity contribution in [3.05, 3.63) is 42.0 Å². The van der Waals surface area contributed by atoms with Crippen LogP contribution in [-0.2, 0) is 14.3 Å². The maximum atomic E-state index is 12.7. The average Bonchev–Trinajstić information content (AvgIpc) is 3.08. The normalized spacial score (nSPS) is 35.3. The van der Waals surface area contributed by atoms with Crippen LogP contribution in [0.3, 0.4) is 0 Å². The topological polar surface area (TPSA) is 83.9 Å². The fraction of sp³-hybridized carbons (Fsp3) is 0.312. The standard InChI is InChI=1S/C16H13NO5/c1-16-6-5-10(22-16)11-12(16)14(19)17(13(11)18)9-4-2-3-8(7-9)15(20)21/h2-7,10-12H,1H3,(H,20,21). The monoisotopic (exact) mass is 299 g/mol. The van der Waals surface area contributed by atoms with E-state index in [2.05, 4.69) is 0 Å². The molecule has 2 fully saturated rings. The third-order valence-electron chi connectivity index (χ3n) is 4.68. The highest BCUT2D eigenvalue weighted by atomic mass is 16.5. The summed E-state index contributed by atoms with van der Waals surface area (Å²) in [5.41, 5.74) is -0.410. The van der Waals surface area contributed by atoms with Crippen LogP contribution >= 0.6 is 0 Å². The second-order valence-corrected chi connectivity index (χ2v) is 6.00.